The van der Waals surface area contributed by atoms with Crippen LogP contribution in [0.3, 0.4) is 0 Å². The van der Waals surface area contributed by atoms with Gasteiger partial charge in [-0.3, -0.25) is 9.78 Å². The van der Waals surface area contributed by atoms with Crippen molar-refractivity contribution in [3.05, 3.63) is 42.2 Å². The van der Waals surface area contributed by atoms with Crippen LogP contribution in [0.5, 0.6) is 0 Å². The summed E-state index contributed by atoms with van der Waals surface area (Å²) in [6, 6.07) is 3.53. The third kappa shape index (κ3) is 3.09. The average molecular weight is 271 g/mol. The molecule has 0 aliphatic carbocycles. The van der Waals surface area contributed by atoms with Gasteiger partial charge in [0, 0.05) is 19.2 Å². The van der Waals surface area contributed by atoms with Crippen LogP contribution in [0.1, 0.15) is 36.1 Å². The quantitative estimate of drug-likeness (QED) is 0.891. The number of rotatable bonds is 4. The second-order valence-corrected chi connectivity index (χ2v) is 4.59. The molecule has 0 unspecified atom stereocenters. The van der Waals surface area contributed by atoms with Gasteiger partial charge < -0.3 is 10.6 Å². The van der Waals surface area contributed by atoms with Crippen molar-refractivity contribution in [2.75, 3.05) is 17.7 Å². The summed E-state index contributed by atoms with van der Waals surface area (Å²) >= 11 is 0. The monoisotopic (exact) mass is 271 g/mol. The Labute approximate surface area is 117 Å². The van der Waals surface area contributed by atoms with Crippen LogP contribution in [0.4, 0.5) is 11.4 Å². The summed E-state index contributed by atoms with van der Waals surface area (Å²) in [6.07, 6.45) is 4.86. The van der Waals surface area contributed by atoms with Crippen molar-refractivity contribution in [2.45, 2.75) is 19.8 Å². The zero-order valence-corrected chi connectivity index (χ0v) is 11.7. The van der Waals surface area contributed by atoms with E-state index in [0.29, 0.717) is 22.9 Å². The van der Waals surface area contributed by atoms with Gasteiger partial charge in [-0.15, -0.1) is 0 Å². The van der Waals surface area contributed by atoms with Crippen molar-refractivity contribution in [2.24, 2.45) is 0 Å². The highest BCUT2D eigenvalue weighted by molar-refractivity contribution is 6.06. The first-order chi connectivity index (χ1) is 9.61. The maximum atomic E-state index is 12.3. The van der Waals surface area contributed by atoms with E-state index >= 15 is 0 Å². The minimum atomic E-state index is -0.286. The molecule has 2 N–H and O–H groups in total. The van der Waals surface area contributed by atoms with E-state index in [1.807, 2.05) is 13.8 Å². The lowest BCUT2D eigenvalue weighted by atomic mass is 10.2. The highest BCUT2D eigenvalue weighted by Gasteiger charge is 2.16. The summed E-state index contributed by atoms with van der Waals surface area (Å²) < 4.78 is 0. The number of hydrogen-bond acceptors (Lipinski definition) is 5. The van der Waals surface area contributed by atoms with Crippen LogP contribution in [0, 0.1) is 0 Å². The number of nitrogens with one attached hydrogen (secondary N) is 2. The summed E-state index contributed by atoms with van der Waals surface area (Å²) in [6.45, 7) is 3.97. The fraction of sp³-hybridized carbons (Fsp3) is 0.286. The number of pyridine rings is 1. The first-order valence-electron chi connectivity index (χ1n) is 6.38. The predicted octanol–water partition coefficient (Wildman–Crippen LogP) is 2.29. The van der Waals surface area contributed by atoms with Crippen molar-refractivity contribution in [3.8, 4) is 0 Å². The van der Waals surface area contributed by atoms with E-state index in [-0.39, 0.29) is 11.8 Å². The van der Waals surface area contributed by atoms with Crippen LogP contribution in [0.2, 0.25) is 0 Å². The number of nitrogens with zero attached hydrogens (tertiary/aromatic N) is 3. The Kier molecular flexibility index (Phi) is 4.24. The summed E-state index contributed by atoms with van der Waals surface area (Å²) in [5.74, 6) is 0.512. The second kappa shape index (κ2) is 6.10. The van der Waals surface area contributed by atoms with Gasteiger partial charge in [-0.2, -0.15) is 0 Å². The first-order valence-corrected chi connectivity index (χ1v) is 6.38. The van der Waals surface area contributed by atoms with Crippen LogP contribution >= 0.6 is 0 Å². The van der Waals surface area contributed by atoms with Gasteiger partial charge in [0.2, 0.25) is 0 Å². The summed E-state index contributed by atoms with van der Waals surface area (Å²) in [5.41, 5.74) is 1.55. The molecule has 0 saturated heterocycles. The summed E-state index contributed by atoms with van der Waals surface area (Å²) in [7, 11) is 1.73. The van der Waals surface area contributed by atoms with Gasteiger partial charge in [0.15, 0.2) is 5.69 Å². The smallest absolute Gasteiger partial charge is 0.276 e. The molecular weight excluding hydrogens is 254 g/mol. The predicted molar refractivity (Wildman–Crippen MR) is 77.9 cm³/mol. The summed E-state index contributed by atoms with van der Waals surface area (Å²) in [5, 5.41) is 5.69. The van der Waals surface area contributed by atoms with E-state index in [1.165, 1.54) is 0 Å². The number of hydrogen-bond donors (Lipinski definition) is 2. The SMILES string of the molecule is CNc1cnc(C(C)C)nc1C(=O)Nc1cccnc1. The van der Waals surface area contributed by atoms with Gasteiger partial charge in [0.05, 0.1) is 23.8 Å². The zero-order valence-electron chi connectivity index (χ0n) is 11.7. The largest absolute Gasteiger partial charge is 0.385 e. The Bertz CT molecular complexity index is 598. The molecule has 20 heavy (non-hydrogen) atoms. The molecule has 2 aromatic heterocycles. The molecule has 0 radical (unpaired) electrons. The van der Waals surface area contributed by atoms with Gasteiger partial charge in [0.1, 0.15) is 5.82 Å². The fourth-order valence-electron chi connectivity index (χ4n) is 1.66. The van der Waals surface area contributed by atoms with Gasteiger partial charge in [-0.25, -0.2) is 9.97 Å². The molecule has 0 aliphatic heterocycles. The number of anilines is 2. The van der Waals surface area contributed by atoms with Gasteiger partial charge >= 0.3 is 0 Å². The molecule has 1 amide bonds. The maximum absolute atomic E-state index is 12.3. The standard InChI is InChI=1S/C14H17N5O/c1-9(2)13-17-8-11(15-3)12(19-13)14(20)18-10-5-4-6-16-7-10/h4-9,15H,1-3H3,(H,18,20). The van der Waals surface area contributed by atoms with E-state index in [9.17, 15) is 4.79 Å². The molecule has 0 atom stereocenters. The number of aromatic nitrogens is 3. The zero-order chi connectivity index (χ0) is 14.5. The normalized spacial score (nSPS) is 10.4. The molecule has 2 heterocycles. The van der Waals surface area contributed by atoms with Crippen molar-refractivity contribution in [3.63, 3.8) is 0 Å². The van der Waals surface area contributed by atoms with Crippen molar-refractivity contribution in [1.29, 1.82) is 0 Å². The molecule has 0 fully saturated rings. The number of carbonyl (C=O) groups is 1. The van der Waals surface area contributed by atoms with Crippen molar-refractivity contribution in [1.82, 2.24) is 15.0 Å². The van der Waals surface area contributed by atoms with Gasteiger partial charge in [-0.1, -0.05) is 13.8 Å². The molecule has 104 valence electrons. The highest BCUT2D eigenvalue weighted by Crippen LogP contribution is 2.17. The van der Waals surface area contributed by atoms with Crippen LogP contribution in [0.25, 0.3) is 0 Å². The lowest BCUT2D eigenvalue weighted by Gasteiger charge is -2.11. The minimum Gasteiger partial charge on any atom is -0.385 e. The lowest BCUT2D eigenvalue weighted by molar-refractivity contribution is 0.102. The molecule has 6 nitrogen and oxygen atoms in total. The van der Waals surface area contributed by atoms with E-state index < -0.39 is 0 Å². The Morgan fingerprint density at radius 3 is 2.70 bits per heavy atom. The van der Waals surface area contributed by atoms with Crippen molar-refractivity contribution < 1.29 is 4.79 Å². The van der Waals surface area contributed by atoms with Crippen molar-refractivity contribution >= 4 is 17.3 Å². The lowest BCUT2D eigenvalue weighted by Crippen LogP contribution is -2.18. The average Bonchev–Trinajstić information content (AvgIpc) is 2.47. The Morgan fingerprint density at radius 2 is 2.10 bits per heavy atom. The van der Waals surface area contributed by atoms with E-state index in [0.717, 1.165) is 0 Å². The molecule has 0 bridgehead atoms. The second-order valence-electron chi connectivity index (χ2n) is 4.59. The molecule has 0 spiro atoms. The van der Waals surface area contributed by atoms with Gasteiger partial charge in [-0.05, 0) is 12.1 Å². The minimum absolute atomic E-state index is 0.158. The Hall–Kier alpha value is -2.50. The van der Waals surface area contributed by atoms with Crippen LogP contribution in [-0.2, 0) is 0 Å². The van der Waals surface area contributed by atoms with Crippen LogP contribution < -0.4 is 10.6 Å². The topological polar surface area (TPSA) is 79.8 Å². The molecular formula is C14H17N5O. The van der Waals surface area contributed by atoms with Crippen LogP contribution in [-0.4, -0.2) is 27.9 Å². The number of carbonyl (C=O) groups excluding carboxylic acids is 1. The number of amides is 1. The molecule has 0 saturated carbocycles. The Balaban J connectivity index is 2.30. The van der Waals surface area contributed by atoms with E-state index in [1.54, 1.807) is 37.8 Å². The Morgan fingerprint density at radius 1 is 1.30 bits per heavy atom. The molecule has 2 aromatic rings. The third-order valence-electron chi connectivity index (χ3n) is 2.73. The molecule has 0 aliphatic rings. The molecule has 0 aromatic carbocycles. The summed E-state index contributed by atoms with van der Waals surface area (Å²) in [4.78, 5) is 24.8. The third-order valence-corrected chi connectivity index (χ3v) is 2.73. The maximum Gasteiger partial charge on any atom is 0.276 e. The molecule has 2 rings (SSSR count). The highest BCUT2D eigenvalue weighted by atomic mass is 16.1. The fourth-order valence-corrected chi connectivity index (χ4v) is 1.66. The van der Waals surface area contributed by atoms with Crippen LogP contribution in [0.15, 0.2) is 30.7 Å². The van der Waals surface area contributed by atoms with Gasteiger partial charge in [0.25, 0.3) is 5.91 Å². The molecule has 6 heteroatoms. The van der Waals surface area contributed by atoms with E-state index in [4.69, 9.17) is 0 Å². The van der Waals surface area contributed by atoms with E-state index in [2.05, 4.69) is 25.6 Å². The first kappa shape index (κ1) is 13.9.